The third-order valence-electron chi connectivity index (χ3n) is 6.53. The predicted molar refractivity (Wildman–Crippen MR) is 172 cm³/mol. The van der Waals surface area contributed by atoms with Gasteiger partial charge in [-0.3, -0.25) is 0 Å². The van der Waals surface area contributed by atoms with E-state index in [4.69, 9.17) is 33.7 Å². The van der Waals surface area contributed by atoms with Gasteiger partial charge in [0.2, 0.25) is 18.5 Å². The Kier molecular flexibility index (Phi) is 19.0. The Morgan fingerprint density at radius 2 is 1.30 bits per heavy atom. The Morgan fingerprint density at radius 1 is 0.848 bits per heavy atom. The number of benzene rings is 1. The van der Waals surface area contributed by atoms with E-state index in [1.165, 1.54) is 7.05 Å². The van der Waals surface area contributed by atoms with Gasteiger partial charge in [0.1, 0.15) is 6.04 Å². The zero-order valence-corrected chi connectivity index (χ0v) is 29.0. The number of unbranched alkanes of at least 4 members (excludes halogenated alkanes) is 4. The normalized spacial score (nSPS) is 15.0. The standard InChI is InChI=1S/C31H52N3O11P/c1-8-10-15-19-40-30(37)42-27(22(3)4)44-46(39,45-28(23(5)6)43-31(38)41-20-16-11-9-2)33-29(32)34(7)25(26(35)36)21-24-17-13-12-14-18-24/h12-14,17-18,22-23,25,27-28H,8-11,15-16,19-21H2,1-7H3,(H,35,36)(H2,32,33,39). The average Bonchev–Trinajstić information content (AvgIpc) is 2.99. The molecule has 262 valence electrons. The van der Waals surface area contributed by atoms with Gasteiger partial charge in [-0.25, -0.2) is 28.0 Å². The molecule has 46 heavy (non-hydrogen) atoms. The molecule has 1 aromatic carbocycles. The van der Waals surface area contributed by atoms with Crippen LogP contribution in [-0.4, -0.2) is 73.1 Å². The van der Waals surface area contributed by atoms with Crippen molar-refractivity contribution in [3.05, 3.63) is 35.9 Å². The minimum Gasteiger partial charge on any atom is -0.480 e. The van der Waals surface area contributed by atoms with Crippen LogP contribution in [0.3, 0.4) is 0 Å². The highest BCUT2D eigenvalue weighted by Crippen LogP contribution is 2.54. The largest absolute Gasteiger partial charge is 0.510 e. The summed E-state index contributed by atoms with van der Waals surface area (Å²) in [6.07, 6.45) is -0.284. The molecule has 3 unspecified atom stereocenters. The maximum absolute atomic E-state index is 14.3. The molecule has 0 aliphatic rings. The molecule has 15 heteroatoms. The molecule has 3 atom stereocenters. The molecule has 0 spiro atoms. The first-order valence-electron chi connectivity index (χ1n) is 15.7. The number of guanidine groups is 1. The molecule has 0 bridgehead atoms. The van der Waals surface area contributed by atoms with Crippen LogP contribution in [0.1, 0.15) is 85.6 Å². The molecule has 1 aromatic rings. The molecule has 1 rings (SSSR count). The van der Waals surface area contributed by atoms with Crippen LogP contribution in [0.15, 0.2) is 35.1 Å². The van der Waals surface area contributed by atoms with Crippen LogP contribution < -0.4 is 5.73 Å². The number of nitrogens with zero attached hydrogens (tertiary/aromatic N) is 2. The van der Waals surface area contributed by atoms with Crippen LogP contribution in [0.4, 0.5) is 9.59 Å². The number of hydrogen-bond acceptors (Lipinski definition) is 10. The van der Waals surface area contributed by atoms with Gasteiger partial charge in [0, 0.05) is 25.3 Å². The lowest BCUT2D eigenvalue weighted by Crippen LogP contribution is -2.47. The van der Waals surface area contributed by atoms with Gasteiger partial charge in [0.15, 0.2) is 0 Å². The molecule has 0 amide bonds. The van der Waals surface area contributed by atoms with Gasteiger partial charge < -0.3 is 34.7 Å². The number of aliphatic carboxylic acids is 1. The summed E-state index contributed by atoms with van der Waals surface area (Å²) >= 11 is 0. The SMILES string of the molecule is CCCCCOC(=O)OC(OP(=O)(N=C(N)N(C)C(Cc1ccccc1)C(=O)O)OC(OC(=O)OCCCCC)C(C)C)C(C)C. The lowest BCUT2D eigenvalue weighted by molar-refractivity contribution is -0.141. The highest BCUT2D eigenvalue weighted by molar-refractivity contribution is 7.52. The number of carboxylic acids is 1. The molecule has 0 heterocycles. The Morgan fingerprint density at radius 3 is 1.70 bits per heavy atom. The zero-order valence-electron chi connectivity index (χ0n) is 28.1. The van der Waals surface area contributed by atoms with E-state index in [-0.39, 0.29) is 19.6 Å². The summed E-state index contributed by atoms with van der Waals surface area (Å²) in [5.74, 6) is -2.90. The molecule has 0 aliphatic heterocycles. The number of likely N-dealkylation sites (N-methyl/N-ethyl adjacent to an activating group) is 1. The maximum Gasteiger partial charge on any atom is 0.510 e. The second kappa shape index (κ2) is 21.4. The molecule has 14 nitrogen and oxygen atoms in total. The van der Waals surface area contributed by atoms with Gasteiger partial charge in [-0.05, 0) is 18.4 Å². The van der Waals surface area contributed by atoms with Crippen LogP contribution in [0.25, 0.3) is 0 Å². The first-order chi connectivity index (χ1) is 21.7. The Balaban J connectivity index is 3.38. The van der Waals surface area contributed by atoms with Crippen molar-refractivity contribution in [2.75, 3.05) is 20.3 Å². The Bertz CT molecular complexity index is 1090. The van der Waals surface area contributed by atoms with Crippen LogP contribution in [0.5, 0.6) is 0 Å². The summed E-state index contributed by atoms with van der Waals surface area (Å²) < 4.78 is 50.5. The minimum absolute atomic E-state index is 0.0398. The topological polar surface area (TPSA) is 186 Å². The Hall–Kier alpha value is -3.35. The van der Waals surface area contributed by atoms with Crippen molar-refractivity contribution in [2.45, 2.75) is 105 Å². The number of rotatable bonds is 21. The lowest BCUT2D eigenvalue weighted by atomic mass is 10.1. The van der Waals surface area contributed by atoms with Gasteiger partial charge in [0.05, 0.1) is 13.2 Å². The molecular formula is C31H52N3O11P. The van der Waals surface area contributed by atoms with E-state index in [1.54, 1.807) is 58.0 Å². The third kappa shape index (κ3) is 15.8. The Labute approximate surface area is 272 Å². The van der Waals surface area contributed by atoms with E-state index in [0.717, 1.165) is 30.6 Å². The van der Waals surface area contributed by atoms with E-state index < -0.39 is 62.4 Å². The molecule has 0 radical (unpaired) electrons. The summed E-state index contributed by atoms with van der Waals surface area (Å²) in [4.78, 5) is 38.2. The summed E-state index contributed by atoms with van der Waals surface area (Å²) in [5, 5.41) is 9.97. The van der Waals surface area contributed by atoms with E-state index in [9.17, 15) is 24.1 Å². The molecule has 0 saturated heterocycles. The van der Waals surface area contributed by atoms with E-state index in [0.29, 0.717) is 18.4 Å². The van der Waals surface area contributed by atoms with Crippen LogP contribution in [-0.2, 0) is 43.8 Å². The van der Waals surface area contributed by atoms with E-state index in [1.807, 2.05) is 13.8 Å². The summed E-state index contributed by atoms with van der Waals surface area (Å²) in [7, 11) is -3.46. The molecule has 0 saturated carbocycles. The van der Waals surface area contributed by atoms with Crippen molar-refractivity contribution in [2.24, 2.45) is 22.3 Å². The monoisotopic (exact) mass is 673 g/mol. The first-order valence-corrected chi connectivity index (χ1v) is 17.2. The zero-order chi connectivity index (χ0) is 34.7. The second-order valence-corrected chi connectivity index (χ2v) is 12.9. The quantitative estimate of drug-likeness (QED) is 0.0350. The molecule has 0 aromatic heterocycles. The fourth-order valence-electron chi connectivity index (χ4n) is 3.75. The van der Waals surface area contributed by atoms with Crippen molar-refractivity contribution in [3.8, 4) is 0 Å². The van der Waals surface area contributed by atoms with Crippen LogP contribution in [0.2, 0.25) is 0 Å². The smallest absolute Gasteiger partial charge is 0.480 e. The number of carbonyl (C=O) groups excluding carboxylic acids is 2. The van der Waals surface area contributed by atoms with Crippen molar-refractivity contribution in [1.29, 1.82) is 0 Å². The number of carboxylic acid groups (broad SMARTS) is 1. The number of carbonyl (C=O) groups is 3. The van der Waals surface area contributed by atoms with Gasteiger partial charge in [-0.1, -0.05) is 97.6 Å². The van der Waals surface area contributed by atoms with Gasteiger partial charge in [0.25, 0.3) is 0 Å². The number of nitrogens with two attached hydrogens (primary N) is 1. The maximum atomic E-state index is 14.3. The molecular weight excluding hydrogens is 621 g/mol. The van der Waals surface area contributed by atoms with Crippen molar-refractivity contribution in [1.82, 2.24) is 4.90 Å². The van der Waals surface area contributed by atoms with E-state index >= 15 is 0 Å². The van der Waals surface area contributed by atoms with Crippen molar-refractivity contribution < 1.29 is 52.1 Å². The fraction of sp³-hybridized carbons (Fsp3) is 0.677. The number of ether oxygens (including phenoxy) is 4. The van der Waals surface area contributed by atoms with Crippen molar-refractivity contribution >= 4 is 32.0 Å². The highest BCUT2D eigenvalue weighted by atomic mass is 31.2. The third-order valence-corrected chi connectivity index (χ3v) is 7.93. The fourth-order valence-corrected chi connectivity index (χ4v) is 5.38. The average molecular weight is 674 g/mol. The summed E-state index contributed by atoms with van der Waals surface area (Å²) in [6.45, 7) is 10.7. The van der Waals surface area contributed by atoms with Gasteiger partial charge in [-0.15, -0.1) is 4.76 Å². The van der Waals surface area contributed by atoms with Crippen molar-refractivity contribution in [3.63, 3.8) is 0 Å². The number of hydrogen-bond donors (Lipinski definition) is 2. The summed E-state index contributed by atoms with van der Waals surface area (Å²) in [5.41, 5.74) is 6.92. The summed E-state index contributed by atoms with van der Waals surface area (Å²) in [6, 6.07) is 7.63. The molecule has 0 aliphatic carbocycles. The van der Waals surface area contributed by atoms with Crippen LogP contribution >= 0.6 is 7.75 Å². The first kappa shape index (κ1) is 40.7. The predicted octanol–water partition coefficient (Wildman–Crippen LogP) is 6.72. The van der Waals surface area contributed by atoms with Crippen LogP contribution in [0, 0.1) is 11.8 Å². The molecule has 0 fully saturated rings. The van der Waals surface area contributed by atoms with E-state index in [2.05, 4.69) is 4.76 Å². The highest BCUT2D eigenvalue weighted by Gasteiger charge is 2.39. The second-order valence-electron chi connectivity index (χ2n) is 11.4. The lowest BCUT2D eigenvalue weighted by Gasteiger charge is -2.30. The molecule has 3 N–H and O–H groups in total. The van der Waals surface area contributed by atoms with Gasteiger partial charge in [-0.2, -0.15) is 0 Å². The van der Waals surface area contributed by atoms with Gasteiger partial charge >= 0.3 is 26.0 Å². The minimum atomic E-state index is -4.82.